The van der Waals surface area contributed by atoms with Gasteiger partial charge in [0.2, 0.25) is 0 Å². The zero-order valence-electron chi connectivity index (χ0n) is 29.7. The minimum atomic E-state index is -1.96. The molecule has 8 nitrogen and oxygen atoms in total. The van der Waals surface area contributed by atoms with Crippen LogP contribution in [-0.2, 0) is 40.2 Å². The molecule has 3 aliphatic rings. The summed E-state index contributed by atoms with van der Waals surface area (Å²) in [7, 11) is 1.65. The van der Waals surface area contributed by atoms with Crippen molar-refractivity contribution in [3.05, 3.63) is 163 Å². The second kappa shape index (κ2) is 12.2. The summed E-state index contributed by atoms with van der Waals surface area (Å²) in [6.07, 6.45) is 1.31. The number of cyclic esters (lactones) is 1. The Balaban J connectivity index is 1.32. The van der Waals surface area contributed by atoms with Crippen LogP contribution in [0.5, 0.6) is 5.75 Å². The molecule has 9 heteroatoms. The Kier molecular flexibility index (Phi) is 7.66. The molecule has 0 spiro atoms. The molecule has 2 N–H and O–H groups in total. The summed E-state index contributed by atoms with van der Waals surface area (Å²) < 4.78 is 28.2. The second-order valence-electron chi connectivity index (χ2n) is 14.3. The van der Waals surface area contributed by atoms with Crippen molar-refractivity contribution >= 4 is 16.9 Å². The zero-order chi connectivity index (χ0) is 36.6. The van der Waals surface area contributed by atoms with E-state index in [2.05, 4.69) is 41.7 Å². The molecule has 4 heterocycles. The summed E-state index contributed by atoms with van der Waals surface area (Å²) in [5.41, 5.74) is 5.32. The molecule has 0 radical (unpaired) electrons. The number of pyridine rings is 2. The standard InChI is InChI=1S/C44H38FN3O5/c1-4-43(51)33-21-37-40-31(23-48(37)41(49)32(33)24-53-42(43)50)39-35(20-19-30-25(2)34(45)22-36(46-40)38(30)39)47-44(26-11-7-5-8-12-26,27-13-9-6-10-14-27)28-15-17-29(52-3)18-16-28/h5-18,21-22,35,47,51H,4,19-20,23-24H2,1-3H3/t35-,43-/m0/s1. The molecule has 0 amide bonds. The van der Waals surface area contributed by atoms with Crippen LogP contribution in [-0.4, -0.2) is 27.7 Å². The number of aliphatic hydroxyl groups is 1. The van der Waals surface area contributed by atoms with Crippen LogP contribution in [0.1, 0.15) is 75.9 Å². The Morgan fingerprint density at radius 3 is 2.26 bits per heavy atom. The summed E-state index contributed by atoms with van der Waals surface area (Å²) in [4.78, 5) is 32.2. The number of methoxy groups -OCH3 is 1. The second-order valence-corrected chi connectivity index (χ2v) is 14.3. The van der Waals surface area contributed by atoms with Gasteiger partial charge in [0.15, 0.2) is 5.60 Å². The van der Waals surface area contributed by atoms with E-state index < -0.39 is 17.1 Å². The summed E-state index contributed by atoms with van der Waals surface area (Å²) in [5.74, 6) is -0.364. The molecule has 0 saturated carbocycles. The monoisotopic (exact) mass is 707 g/mol. The Bertz CT molecular complexity index is 2480. The van der Waals surface area contributed by atoms with Gasteiger partial charge in [-0.1, -0.05) is 79.7 Å². The smallest absolute Gasteiger partial charge is 0.343 e. The Labute approximate surface area is 305 Å². The predicted molar refractivity (Wildman–Crippen MR) is 199 cm³/mol. The van der Waals surface area contributed by atoms with Gasteiger partial charge in [0.25, 0.3) is 5.56 Å². The first-order valence-corrected chi connectivity index (χ1v) is 18.0. The fourth-order valence-corrected chi connectivity index (χ4v) is 8.93. The molecule has 0 saturated heterocycles. The van der Waals surface area contributed by atoms with Gasteiger partial charge in [-0.3, -0.25) is 10.1 Å². The lowest BCUT2D eigenvalue weighted by atomic mass is 9.74. The summed E-state index contributed by atoms with van der Waals surface area (Å²) in [6, 6.07) is 31.8. The number of aryl methyl sites for hydroxylation is 1. The number of fused-ring (bicyclic) bond motifs is 5. The van der Waals surface area contributed by atoms with Crippen LogP contribution in [0.25, 0.3) is 22.3 Å². The van der Waals surface area contributed by atoms with Crippen molar-refractivity contribution < 1.29 is 23.8 Å². The highest BCUT2D eigenvalue weighted by molar-refractivity contribution is 5.93. The quantitative estimate of drug-likeness (QED) is 0.135. The number of benzene rings is 4. The molecule has 2 atom stereocenters. The minimum Gasteiger partial charge on any atom is -0.497 e. The van der Waals surface area contributed by atoms with Gasteiger partial charge in [-0.25, -0.2) is 14.2 Å². The Morgan fingerprint density at radius 1 is 0.962 bits per heavy atom. The zero-order valence-corrected chi connectivity index (χ0v) is 29.7. The van der Waals surface area contributed by atoms with Crippen molar-refractivity contribution in [3.8, 4) is 17.1 Å². The number of carbonyl (C=O) groups is 1. The third kappa shape index (κ3) is 4.77. The molecular formula is C44H38FN3O5. The fourth-order valence-electron chi connectivity index (χ4n) is 8.93. The third-order valence-corrected chi connectivity index (χ3v) is 11.7. The van der Waals surface area contributed by atoms with Crippen molar-refractivity contribution in [2.24, 2.45) is 0 Å². The van der Waals surface area contributed by atoms with Crippen molar-refractivity contribution in [1.82, 2.24) is 14.9 Å². The number of aromatic nitrogens is 2. The SMILES string of the molecule is CC[C@@]1(O)C(=O)OCc2c1cc1n(c2=O)Cc2c-1nc1cc(F)c(C)c3c1c2[C@@H](NC(c1ccccc1)(c1ccccc1)c1ccc(OC)cc1)CC3. The van der Waals surface area contributed by atoms with Gasteiger partial charge in [-0.2, -0.15) is 0 Å². The summed E-state index contributed by atoms with van der Waals surface area (Å²) in [5, 5.41) is 16.6. The van der Waals surface area contributed by atoms with Crippen LogP contribution >= 0.6 is 0 Å². The van der Waals surface area contributed by atoms with Crippen molar-refractivity contribution in [2.75, 3.05) is 7.11 Å². The number of ether oxygens (including phenoxy) is 2. The molecule has 2 aromatic heterocycles. The normalized spacial score (nSPS) is 18.7. The van der Waals surface area contributed by atoms with Gasteiger partial charge in [0.05, 0.1) is 41.7 Å². The van der Waals surface area contributed by atoms with Crippen LogP contribution in [0.4, 0.5) is 4.39 Å². The van der Waals surface area contributed by atoms with E-state index in [4.69, 9.17) is 14.5 Å². The van der Waals surface area contributed by atoms with Crippen molar-refractivity contribution in [3.63, 3.8) is 0 Å². The summed E-state index contributed by atoms with van der Waals surface area (Å²) in [6.45, 7) is 3.52. The van der Waals surface area contributed by atoms with Crippen molar-refractivity contribution in [2.45, 2.75) is 63.4 Å². The summed E-state index contributed by atoms with van der Waals surface area (Å²) >= 11 is 0. The van der Waals surface area contributed by atoms with Crippen LogP contribution < -0.4 is 15.6 Å². The lowest BCUT2D eigenvalue weighted by Gasteiger charge is -2.42. The number of rotatable bonds is 7. The average molecular weight is 708 g/mol. The van der Waals surface area contributed by atoms with Crippen LogP contribution in [0.2, 0.25) is 0 Å². The fraction of sp³-hybridized carbons (Fsp3) is 0.250. The molecule has 53 heavy (non-hydrogen) atoms. The van der Waals surface area contributed by atoms with Gasteiger partial charge in [-0.05, 0) is 77.8 Å². The maximum Gasteiger partial charge on any atom is 0.343 e. The average Bonchev–Trinajstić information content (AvgIpc) is 3.57. The molecule has 4 aromatic carbocycles. The topological polar surface area (TPSA) is 103 Å². The molecule has 266 valence electrons. The Morgan fingerprint density at radius 2 is 1.62 bits per heavy atom. The van der Waals surface area contributed by atoms with Crippen LogP contribution in [0, 0.1) is 12.7 Å². The highest BCUT2D eigenvalue weighted by Gasteiger charge is 2.46. The van der Waals surface area contributed by atoms with E-state index in [-0.39, 0.29) is 48.1 Å². The van der Waals surface area contributed by atoms with Crippen molar-refractivity contribution in [1.29, 1.82) is 0 Å². The maximum absolute atomic E-state index is 15.7. The van der Waals surface area contributed by atoms with Gasteiger partial charge < -0.3 is 19.1 Å². The van der Waals surface area contributed by atoms with E-state index in [1.165, 1.54) is 6.07 Å². The number of nitrogens with zero attached hydrogens (tertiary/aromatic N) is 2. The predicted octanol–water partition coefficient (Wildman–Crippen LogP) is 7.10. The molecule has 6 aromatic rings. The number of hydrogen-bond donors (Lipinski definition) is 2. The first-order chi connectivity index (χ1) is 25.7. The lowest BCUT2D eigenvalue weighted by molar-refractivity contribution is -0.172. The minimum absolute atomic E-state index is 0.0389. The molecular weight excluding hydrogens is 669 g/mol. The molecule has 2 aliphatic heterocycles. The van der Waals surface area contributed by atoms with Gasteiger partial charge >= 0.3 is 5.97 Å². The van der Waals surface area contributed by atoms with E-state index in [0.29, 0.717) is 35.3 Å². The van der Waals surface area contributed by atoms with Gasteiger partial charge in [-0.15, -0.1) is 0 Å². The van der Waals surface area contributed by atoms with Crippen LogP contribution in [0.15, 0.2) is 102 Å². The molecule has 0 fully saturated rings. The van der Waals surface area contributed by atoms with Crippen LogP contribution in [0.3, 0.4) is 0 Å². The largest absolute Gasteiger partial charge is 0.497 e. The molecule has 9 rings (SSSR count). The highest BCUT2D eigenvalue weighted by atomic mass is 19.1. The number of halogens is 1. The number of esters is 1. The van der Waals surface area contributed by atoms with E-state index in [9.17, 15) is 14.7 Å². The third-order valence-electron chi connectivity index (χ3n) is 11.7. The molecule has 0 unspecified atom stereocenters. The number of hydrogen-bond acceptors (Lipinski definition) is 7. The Hall–Kier alpha value is -5.64. The van der Waals surface area contributed by atoms with Gasteiger partial charge in [0, 0.05) is 28.6 Å². The van der Waals surface area contributed by atoms with Gasteiger partial charge in [0.1, 0.15) is 18.2 Å². The maximum atomic E-state index is 15.7. The van der Waals surface area contributed by atoms with E-state index in [1.54, 1.807) is 24.7 Å². The molecule has 0 bridgehead atoms. The van der Waals surface area contributed by atoms with E-state index in [1.807, 2.05) is 55.5 Å². The number of nitrogens with one attached hydrogen (secondary N) is 1. The first-order valence-electron chi connectivity index (χ1n) is 18.0. The van der Waals surface area contributed by atoms with E-state index in [0.717, 1.165) is 44.5 Å². The first kappa shape index (κ1) is 33.2. The number of carbonyl (C=O) groups excluding carboxylic acids is 1. The van der Waals surface area contributed by atoms with E-state index >= 15 is 4.39 Å². The lowest BCUT2D eigenvalue weighted by Crippen LogP contribution is -2.47. The molecule has 1 aliphatic carbocycles. The highest BCUT2D eigenvalue weighted by Crippen LogP contribution is 2.48.